The smallest absolute Gasteiger partial charge is 0.311 e. The maximum atomic E-state index is 12.2. The summed E-state index contributed by atoms with van der Waals surface area (Å²) in [4.78, 5) is 16.9. The Hall–Kier alpha value is -2.53. The SMILES string of the molecule is CC(C)(C)C(=O)OC[C@H]1N=C(SC/C=C/c2ccccc2)O[C@@H]1c1ccccc1. The van der Waals surface area contributed by atoms with Crippen molar-refractivity contribution in [3.8, 4) is 0 Å². The summed E-state index contributed by atoms with van der Waals surface area (Å²) >= 11 is 1.55. The van der Waals surface area contributed by atoms with Gasteiger partial charge in [0.15, 0.2) is 6.10 Å². The predicted molar refractivity (Wildman–Crippen MR) is 120 cm³/mol. The molecule has 0 bridgehead atoms. The molecule has 0 spiro atoms. The standard InChI is InChI=1S/C24H27NO3S/c1-24(2,3)22(26)27-17-20-21(19-14-8-5-9-15-19)28-23(25-20)29-16-10-13-18-11-6-4-7-12-18/h4-15,20-21H,16-17H2,1-3H3/b13-10+/t20-,21-/m1/s1. The quantitative estimate of drug-likeness (QED) is 0.590. The van der Waals surface area contributed by atoms with Gasteiger partial charge in [-0.25, -0.2) is 4.99 Å². The fraction of sp³-hybridized carbons (Fsp3) is 0.333. The Balaban J connectivity index is 1.62. The highest BCUT2D eigenvalue weighted by atomic mass is 32.2. The number of carbonyl (C=O) groups is 1. The number of hydrogen-bond acceptors (Lipinski definition) is 5. The summed E-state index contributed by atoms with van der Waals surface area (Å²) in [5.41, 5.74) is 1.66. The van der Waals surface area contributed by atoms with Crippen molar-refractivity contribution < 1.29 is 14.3 Å². The monoisotopic (exact) mass is 409 g/mol. The summed E-state index contributed by atoms with van der Waals surface area (Å²) in [6.07, 6.45) is 3.93. The summed E-state index contributed by atoms with van der Waals surface area (Å²) in [5.74, 6) is 0.524. The summed E-state index contributed by atoms with van der Waals surface area (Å²) in [6, 6.07) is 19.9. The molecule has 0 N–H and O–H groups in total. The van der Waals surface area contributed by atoms with Crippen LogP contribution < -0.4 is 0 Å². The Morgan fingerprint density at radius 3 is 2.41 bits per heavy atom. The number of carbonyl (C=O) groups excluding carboxylic acids is 1. The van der Waals surface area contributed by atoms with Gasteiger partial charge in [0.25, 0.3) is 0 Å². The molecule has 0 amide bonds. The minimum Gasteiger partial charge on any atom is -0.463 e. The van der Waals surface area contributed by atoms with E-state index >= 15 is 0 Å². The van der Waals surface area contributed by atoms with Crippen LogP contribution >= 0.6 is 11.8 Å². The Bertz CT molecular complexity index is 857. The lowest BCUT2D eigenvalue weighted by Gasteiger charge is -2.21. The molecule has 2 aromatic rings. The first kappa shape index (κ1) is 21.2. The van der Waals surface area contributed by atoms with Gasteiger partial charge in [0.1, 0.15) is 12.6 Å². The number of nitrogens with zero attached hydrogens (tertiary/aromatic N) is 1. The minimum absolute atomic E-state index is 0.208. The molecule has 0 fully saturated rings. The summed E-state index contributed by atoms with van der Waals surface area (Å²) < 4.78 is 11.6. The van der Waals surface area contributed by atoms with Crippen LogP contribution in [0.3, 0.4) is 0 Å². The van der Waals surface area contributed by atoms with Crippen LogP contribution in [-0.2, 0) is 14.3 Å². The molecule has 2 atom stereocenters. The maximum absolute atomic E-state index is 12.2. The molecule has 5 heteroatoms. The van der Waals surface area contributed by atoms with E-state index in [1.54, 1.807) is 11.8 Å². The molecule has 0 radical (unpaired) electrons. The lowest BCUT2D eigenvalue weighted by Crippen LogP contribution is -2.28. The van der Waals surface area contributed by atoms with Gasteiger partial charge in [-0.15, -0.1) is 0 Å². The van der Waals surface area contributed by atoms with E-state index in [0.717, 1.165) is 16.9 Å². The summed E-state index contributed by atoms with van der Waals surface area (Å²) in [7, 11) is 0. The van der Waals surface area contributed by atoms with Crippen LogP contribution in [0.5, 0.6) is 0 Å². The predicted octanol–water partition coefficient (Wildman–Crippen LogP) is 5.52. The number of hydrogen-bond donors (Lipinski definition) is 0. The molecular weight excluding hydrogens is 382 g/mol. The first-order chi connectivity index (χ1) is 13.9. The van der Waals surface area contributed by atoms with E-state index in [1.807, 2.05) is 69.3 Å². The van der Waals surface area contributed by atoms with E-state index in [-0.39, 0.29) is 24.7 Å². The van der Waals surface area contributed by atoms with Crippen LogP contribution in [0.25, 0.3) is 6.08 Å². The van der Waals surface area contributed by atoms with Gasteiger partial charge in [0, 0.05) is 5.75 Å². The normalized spacial score (nSPS) is 19.1. The van der Waals surface area contributed by atoms with Crippen LogP contribution in [-0.4, -0.2) is 29.6 Å². The fourth-order valence-electron chi connectivity index (χ4n) is 2.79. The number of aliphatic imine (C=N–C) groups is 1. The molecule has 0 unspecified atom stereocenters. The van der Waals surface area contributed by atoms with Crippen LogP contribution in [0, 0.1) is 5.41 Å². The third-order valence-electron chi connectivity index (χ3n) is 4.39. The highest BCUT2D eigenvalue weighted by Gasteiger charge is 2.34. The average molecular weight is 410 g/mol. The molecule has 1 aliphatic heterocycles. The van der Waals surface area contributed by atoms with E-state index in [0.29, 0.717) is 5.23 Å². The zero-order chi connectivity index (χ0) is 20.7. The number of ether oxygens (including phenoxy) is 2. The second-order valence-electron chi connectivity index (χ2n) is 7.88. The van der Waals surface area contributed by atoms with Crippen molar-refractivity contribution in [3.63, 3.8) is 0 Å². The molecule has 0 aromatic heterocycles. The van der Waals surface area contributed by atoms with E-state index in [4.69, 9.17) is 14.5 Å². The molecule has 0 saturated heterocycles. The van der Waals surface area contributed by atoms with Crippen molar-refractivity contribution in [2.75, 3.05) is 12.4 Å². The average Bonchev–Trinajstić information content (AvgIpc) is 3.13. The van der Waals surface area contributed by atoms with Gasteiger partial charge in [-0.3, -0.25) is 4.79 Å². The maximum Gasteiger partial charge on any atom is 0.311 e. The van der Waals surface area contributed by atoms with Crippen molar-refractivity contribution in [2.45, 2.75) is 32.9 Å². The van der Waals surface area contributed by atoms with Gasteiger partial charge in [-0.1, -0.05) is 84.6 Å². The van der Waals surface area contributed by atoms with Crippen LogP contribution in [0.15, 0.2) is 71.7 Å². The molecule has 3 rings (SSSR count). The van der Waals surface area contributed by atoms with Crippen molar-refractivity contribution in [1.29, 1.82) is 0 Å². The van der Waals surface area contributed by atoms with E-state index in [2.05, 4.69) is 24.3 Å². The molecular formula is C24H27NO3S. The van der Waals surface area contributed by atoms with Gasteiger partial charge in [-0.2, -0.15) is 0 Å². The van der Waals surface area contributed by atoms with Crippen molar-refractivity contribution >= 4 is 29.0 Å². The van der Waals surface area contributed by atoms with Crippen molar-refractivity contribution in [3.05, 3.63) is 77.9 Å². The highest BCUT2D eigenvalue weighted by molar-refractivity contribution is 8.13. The molecule has 0 saturated carbocycles. The molecule has 152 valence electrons. The molecule has 1 heterocycles. The van der Waals surface area contributed by atoms with Gasteiger partial charge < -0.3 is 9.47 Å². The van der Waals surface area contributed by atoms with E-state index < -0.39 is 5.41 Å². The third-order valence-corrected chi connectivity index (χ3v) is 5.19. The van der Waals surface area contributed by atoms with E-state index in [9.17, 15) is 4.79 Å². The molecule has 4 nitrogen and oxygen atoms in total. The number of benzene rings is 2. The minimum atomic E-state index is -0.536. The zero-order valence-corrected chi connectivity index (χ0v) is 17.9. The number of rotatable bonds is 6. The zero-order valence-electron chi connectivity index (χ0n) is 17.1. The summed E-state index contributed by atoms with van der Waals surface area (Å²) in [5, 5.41) is 0.633. The highest BCUT2D eigenvalue weighted by Crippen LogP contribution is 2.33. The first-order valence-electron chi connectivity index (χ1n) is 9.74. The molecule has 2 aromatic carbocycles. The van der Waals surface area contributed by atoms with Crippen molar-refractivity contribution in [2.24, 2.45) is 10.4 Å². The first-order valence-corrected chi connectivity index (χ1v) is 10.7. The lowest BCUT2D eigenvalue weighted by molar-refractivity contribution is -0.153. The fourth-order valence-corrected chi connectivity index (χ4v) is 3.51. The van der Waals surface area contributed by atoms with Crippen LogP contribution in [0.1, 0.15) is 38.0 Å². The Labute approximate surface area is 177 Å². The topological polar surface area (TPSA) is 47.9 Å². The second-order valence-corrected chi connectivity index (χ2v) is 8.86. The third kappa shape index (κ3) is 6.23. The van der Waals surface area contributed by atoms with Gasteiger partial charge in [0.2, 0.25) is 5.23 Å². The largest absolute Gasteiger partial charge is 0.463 e. The second kappa shape index (κ2) is 9.79. The van der Waals surface area contributed by atoms with Gasteiger partial charge >= 0.3 is 5.97 Å². The molecule has 1 aliphatic rings. The van der Waals surface area contributed by atoms with Crippen molar-refractivity contribution in [1.82, 2.24) is 0 Å². The lowest BCUT2D eigenvalue weighted by atomic mass is 9.97. The number of esters is 1. The summed E-state index contributed by atoms with van der Waals surface area (Å²) in [6.45, 7) is 5.75. The van der Waals surface area contributed by atoms with Gasteiger partial charge in [0.05, 0.1) is 5.41 Å². The van der Waals surface area contributed by atoms with Gasteiger partial charge in [-0.05, 0) is 31.9 Å². The number of thioether (sulfide) groups is 1. The molecule has 29 heavy (non-hydrogen) atoms. The van der Waals surface area contributed by atoms with Crippen LogP contribution in [0.2, 0.25) is 0 Å². The van der Waals surface area contributed by atoms with E-state index in [1.165, 1.54) is 0 Å². The Morgan fingerprint density at radius 1 is 1.10 bits per heavy atom. The van der Waals surface area contributed by atoms with Crippen LogP contribution in [0.4, 0.5) is 0 Å². The Morgan fingerprint density at radius 2 is 1.76 bits per heavy atom. The molecule has 0 aliphatic carbocycles. The Kier molecular flexibility index (Phi) is 7.15.